The molecule has 1 aromatic rings. The molecule has 100 valence electrons. The summed E-state index contributed by atoms with van der Waals surface area (Å²) in [5, 5.41) is 8.49. The van der Waals surface area contributed by atoms with Crippen LogP contribution in [0.25, 0.3) is 6.08 Å². The molecule has 0 aliphatic heterocycles. The zero-order chi connectivity index (χ0) is 14.3. The van der Waals surface area contributed by atoms with Crippen molar-refractivity contribution >= 4 is 17.8 Å². The van der Waals surface area contributed by atoms with Crippen molar-refractivity contribution in [2.75, 3.05) is 6.61 Å². The number of allylic oxidation sites excluding steroid dienone is 1. The van der Waals surface area contributed by atoms with Gasteiger partial charge in [0.15, 0.2) is 0 Å². The van der Waals surface area contributed by atoms with Gasteiger partial charge in [-0.3, -0.25) is 4.79 Å². The Labute approximate surface area is 112 Å². The summed E-state index contributed by atoms with van der Waals surface area (Å²) in [5.41, 5.74) is 1.81. The molecule has 0 aromatic heterocycles. The number of carboxylic acids is 1. The predicted octanol–water partition coefficient (Wildman–Crippen LogP) is 2.70. The lowest BCUT2D eigenvalue weighted by molar-refractivity contribution is -0.146. The molecule has 0 atom stereocenters. The first-order valence-electron chi connectivity index (χ1n) is 5.81. The third kappa shape index (κ3) is 5.21. The van der Waals surface area contributed by atoms with Crippen molar-refractivity contribution in [1.82, 2.24) is 0 Å². The number of carboxylic acid groups (broad SMARTS) is 1. The lowest BCUT2D eigenvalue weighted by Gasteiger charge is -2.07. The van der Waals surface area contributed by atoms with E-state index in [9.17, 15) is 9.59 Å². The molecular formula is C15H16O4. The molecule has 0 radical (unpaired) electrons. The number of carbonyl (C=O) groups is 2. The summed E-state index contributed by atoms with van der Waals surface area (Å²) in [5.74, 6) is -1.83. The highest BCUT2D eigenvalue weighted by atomic mass is 16.5. The van der Waals surface area contributed by atoms with Crippen LogP contribution in [0.4, 0.5) is 0 Å². The first-order valence-corrected chi connectivity index (χ1v) is 5.81. The molecule has 0 spiro atoms. The number of rotatable bonds is 6. The highest BCUT2D eigenvalue weighted by Crippen LogP contribution is 2.19. The van der Waals surface area contributed by atoms with E-state index in [0.29, 0.717) is 17.9 Å². The van der Waals surface area contributed by atoms with Gasteiger partial charge in [-0.05, 0) is 38.1 Å². The van der Waals surface area contributed by atoms with Gasteiger partial charge < -0.3 is 9.84 Å². The Balaban J connectivity index is 2.81. The monoisotopic (exact) mass is 260 g/mol. The second kappa shape index (κ2) is 7.16. The van der Waals surface area contributed by atoms with Crippen molar-refractivity contribution in [3.8, 4) is 5.75 Å². The van der Waals surface area contributed by atoms with Crippen LogP contribution in [0.2, 0.25) is 0 Å². The largest absolute Gasteiger partial charge is 0.489 e. The van der Waals surface area contributed by atoms with Crippen molar-refractivity contribution in [3.63, 3.8) is 0 Å². The van der Waals surface area contributed by atoms with Gasteiger partial charge in [-0.15, -0.1) is 0 Å². The highest BCUT2D eigenvalue weighted by molar-refractivity contribution is 6.38. The summed E-state index contributed by atoms with van der Waals surface area (Å²) in [6.45, 7) is 4.38. The van der Waals surface area contributed by atoms with Crippen LogP contribution in [-0.4, -0.2) is 23.5 Å². The quantitative estimate of drug-likeness (QED) is 0.485. The van der Waals surface area contributed by atoms with Gasteiger partial charge in [0.25, 0.3) is 5.78 Å². The number of carbonyl (C=O) groups excluding carboxylic acids is 1. The minimum absolute atomic E-state index is 0.431. The van der Waals surface area contributed by atoms with Gasteiger partial charge in [0, 0.05) is 5.56 Å². The number of benzene rings is 1. The van der Waals surface area contributed by atoms with E-state index in [0.717, 1.165) is 11.6 Å². The number of hydrogen-bond acceptors (Lipinski definition) is 3. The Morgan fingerprint density at radius 2 is 1.95 bits per heavy atom. The molecule has 0 fully saturated rings. The van der Waals surface area contributed by atoms with E-state index in [2.05, 4.69) is 0 Å². The minimum Gasteiger partial charge on any atom is -0.489 e. The van der Waals surface area contributed by atoms with Crippen LogP contribution < -0.4 is 4.74 Å². The zero-order valence-electron chi connectivity index (χ0n) is 10.9. The van der Waals surface area contributed by atoms with E-state index in [1.165, 1.54) is 6.08 Å². The van der Waals surface area contributed by atoms with Crippen molar-refractivity contribution in [3.05, 3.63) is 47.6 Å². The standard InChI is InChI=1S/C15H16O4/c1-11(2)9-10-19-14-6-4-3-5-12(14)7-8-13(16)15(17)18/h3-9H,10H2,1-2H3,(H,17,18)/b8-7+. The first kappa shape index (κ1) is 14.7. The fourth-order valence-corrected chi connectivity index (χ4v) is 1.28. The fraction of sp³-hybridized carbons (Fsp3) is 0.200. The minimum atomic E-state index is -1.47. The molecule has 1 aromatic carbocycles. The fourth-order valence-electron chi connectivity index (χ4n) is 1.28. The lowest BCUT2D eigenvalue weighted by atomic mass is 10.1. The Bertz CT molecular complexity index is 523. The van der Waals surface area contributed by atoms with E-state index in [1.807, 2.05) is 26.0 Å². The number of hydrogen-bond donors (Lipinski definition) is 1. The number of para-hydroxylation sites is 1. The van der Waals surface area contributed by atoms with E-state index >= 15 is 0 Å². The summed E-state index contributed by atoms with van der Waals surface area (Å²) >= 11 is 0. The summed E-state index contributed by atoms with van der Waals surface area (Å²) in [6.07, 6.45) is 4.39. The van der Waals surface area contributed by atoms with Crippen LogP contribution >= 0.6 is 0 Å². The average Bonchev–Trinajstić information content (AvgIpc) is 2.36. The molecule has 4 heteroatoms. The van der Waals surface area contributed by atoms with Gasteiger partial charge in [0.05, 0.1) is 0 Å². The van der Waals surface area contributed by atoms with E-state index < -0.39 is 11.8 Å². The van der Waals surface area contributed by atoms with Crippen LogP contribution in [0.1, 0.15) is 19.4 Å². The summed E-state index contributed by atoms with van der Waals surface area (Å²) in [7, 11) is 0. The highest BCUT2D eigenvalue weighted by Gasteiger charge is 2.06. The number of ether oxygens (including phenoxy) is 1. The Morgan fingerprint density at radius 1 is 1.26 bits per heavy atom. The van der Waals surface area contributed by atoms with Crippen molar-refractivity contribution in [2.45, 2.75) is 13.8 Å². The molecule has 0 amide bonds. The third-order valence-corrected chi connectivity index (χ3v) is 2.27. The van der Waals surface area contributed by atoms with Crippen molar-refractivity contribution in [2.24, 2.45) is 0 Å². The molecule has 0 bridgehead atoms. The molecule has 4 nitrogen and oxygen atoms in total. The SMILES string of the molecule is CC(C)=CCOc1ccccc1/C=C/C(=O)C(=O)O. The van der Waals surface area contributed by atoms with Gasteiger partial charge in [-0.25, -0.2) is 4.79 Å². The zero-order valence-corrected chi connectivity index (χ0v) is 10.9. The summed E-state index contributed by atoms with van der Waals surface area (Å²) in [4.78, 5) is 21.4. The van der Waals surface area contributed by atoms with Crippen LogP contribution in [0.5, 0.6) is 5.75 Å². The van der Waals surface area contributed by atoms with Gasteiger partial charge >= 0.3 is 5.97 Å². The Hall–Kier alpha value is -2.36. The molecule has 1 rings (SSSR count). The molecular weight excluding hydrogens is 244 g/mol. The van der Waals surface area contributed by atoms with Crippen molar-refractivity contribution < 1.29 is 19.4 Å². The normalized spacial score (nSPS) is 10.2. The van der Waals surface area contributed by atoms with E-state index in [-0.39, 0.29) is 0 Å². The Kier molecular flexibility index (Phi) is 5.54. The van der Waals surface area contributed by atoms with Crippen molar-refractivity contribution in [1.29, 1.82) is 0 Å². The molecule has 0 unspecified atom stereocenters. The van der Waals surface area contributed by atoms with Gasteiger partial charge in [0.2, 0.25) is 0 Å². The molecule has 0 aliphatic carbocycles. The van der Waals surface area contributed by atoms with Gasteiger partial charge in [-0.2, -0.15) is 0 Å². The van der Waals surface area contributed by atoms with Crippen LogP contribution in [0, 0.1) is 0 Å². The number of aliphatic carboxylic acids is 1. The molecule has 19 heavy (non-hydrogen) atoms. The predicted molar refractivity (Wildman–Crippen MR) is 73.0 cm³/mol. The maximum Gasteiger partial charge on any atom is 0.376 e. The molecule has 0 heterocycles. The van der Waals surface area contributed by atoms with Crippen LogP contribution in [0.3, 0.4) is 0 Å². The van der Waals surface area contributed by atoms with E-state index in [1.54, 1.807) is 18.2 Å². The van der Waals surface area contributed by atoms with Crippen LogP contribution in [-0.2, 0) is 9.59 Å². The molecule has 1 N–H and O–H groups in total. The third-order valence-electron chi connectivity index (χ3n) is 2.27. The second-order valence-electron chi connectivity index (χ2n) is 4.13. The lowest BCUT2D eigenvalue weighted by Crippen LogP contribution is -2.08. The molecule has 0 saturated carbocycles. The maximum absolute atomic E-state index is 11.0. The van der Waals surface area contributed by atoms with Gasteiger partial charge in [-0.1, -0.05) is 23.8 Å². The smallest absolute Gasteiger partial charge is 0.376 e. The van der Waals surface area contributed by atoms with E-state index in [4.69, 9.17) is 9.84 Å². The first-order chi connectivity index (χ1) is 9.00. The second-order valence-corrected chi connectivity index (χ2v) is 4.13. The average molecular weight is 260 g/mol. The van der Waals surface area contributed by atoms with Gasteiger partial charge in [0.1, 0.15) is 12.4 Å². The summed E-state index contributed by atoms with van der Waals surface area (Å²) in [6, 6.07) is 7.13. The summed E-state index contributed by atoms with van der Waals surface area (Å²) < 4.78 is 5.55. The topological polar surface area (TPSA) is 63.6 Å². The number of ketones is 1. The maximum atomic E-state index is 11.0. The van der Waals surface area contributed by atoms with Crippen LogP contribution in [0.15, 0.2) is 42.0 Å². The molecule has 0 aliphatic rings. The molecule has 0 saturated heterocycles. The Morgan fingerprint density at radius 3 is 2.58 bits per heavy atom.